The van der Waals surface area contributed by atoms with E-state index >= 15 is 0 Å². The molecule has 0 saturated heterocycles. The van der Waals surface area contributed by atoms with Crippen LogP contribution in [0.3, 0.4) is 0 Å². The maximum Gasteiger partial charge on any atom is 0.323 e. The first kappa shape index (κ1) is 13.9. The average molecular weight is 275 g/mol. The number of para-hydroxylation sites is 1. The van der Waals surface area contributed by atoms with Crippen LogP contribution in [0.25, 0.3) is 5.69 Å². The van der Waals surface area contributed by atoms with Crippen molar-refractivity contribution in [2.75, 3.05) is 18.5 Å². The molecule has 1 aromatic carbocycles. The van der Waals surface area contributed by atoms with Gasteiger partial charge in [0.15, 0.2) is 0 Å². The third-order valence-corrected chi connectivity index (χ3v) is 3.28. The number of carbonyl (C=O) groups is 1. The molecule has 2 aromatic rings. The van der Waals surface area contributed by atoms with Crippen molar-refractivity contribution in [2.24, 2.45) is 7.05 Å². The lowest BCUT2D eigenvalue weighted by Crippen LogP contribution is -2.30. The lowest BCUT2D eigenvalue weighted by atomic mass is 10.3. The lowest BCUT2D eigenvalue weighted by molar-refractivity contribution is -0.135. The van der Waals surface area contributed by atoms with Gasteiger partial charge in [0, 0.05) is 14.1 Å². The van der Waals surface area contributed by atoms with E-state index in [1.54, 1.807) is 25.7 Å². The van der Waals surface area contributed by atoms with Crippen molar-refractivity contribution in [2.45, 2.75) is 6.92 Å². The molecule has 0 amide bonds. The molecule has 0 bridgehead atoms. The van der Waals surface area contributed by atoms with Crippen molar-refractivity contribution in [1.82, 2.24) is 9.36 Å². The van der Waals surface area contributed by atoms with Crippen LogP contribution in [0.5, 0.6) is 0 Å². The van der Waals surface area contributed by atoms with E-state index in [4.69, 9.17) is 5.11 Å². The minimum atomic E-state index is -0.971. The van der Waals surface area contributed by atoms with Gasteiger partial charge in [-0.05, 0) is 19.1 Å². The first-order valence-electron chi connectivity index (χ1n) is 6.20. The van der Waals surface area contributed by atoms with Crippen molar-refractivity contribution in [3.8, 4) is 5.69 Å². The maximum atomic E-state index is 12.5. The minimum absolute atomic E-state index is 0.213. The first-order valence-corrected chi connectivity index (χ1v) is 6.20. The molecule has 20 heavy (non-hydrogen) atoms. The van der Waals surface area contributed by atoms with E-state index in [1.165, 1.54) is 9.58 Å². The average Bonchev–Trinajstić information content (AvgIpc) is 2.60. The highest BCUT2D eigenvalue weighted by molar-refractivity contribution is 5.73. The molecule has 0 aliphatic heterocycles. The smallest absolute Gasteiger partial charge is 0.323 e. The molecule has 1 N–H and O–H groups in total. The fourth-order valence-corrected chi connectivity index (χ4v) is 2.28. The molecule has 0 fully saturated rings. The van der Waals surface area contributed by atoms with Crippen LogP contribution in [0.4, 0.5) is 5.69 Å². The number of anilines is 1. The number of benzene rings is 1. The second kappa shape index (κ2) is 5.24. The Morgan fingerprint density at radius 1 is 1.30 bits per heavy atom. The van der Waals surface area contributed by atoms with Gasteiger partial charge in [0.2, 0.25) is 0 Å². The number of hydrogen-bond acceptors (Lipinski definition) is 3. The number of carboxylic acids is 1. The summed E-state index contributed by atoms with van der Waals surface area (Å²) in [7, 11) is 3.38. The highest BCUT2D eigenvalue weighted by Gasteiger charge is 2.20. The van der Waals surface area contributed by atoms with Gasteiger partial charge in [0.05, 0.1) is 11.4 Å². The Morgan fingerprint density at radius 3 is 2.45 bits per heavy atom. The molecule has 1 heterocycles. The molecular weight excluding hydrogens is 258 g/mol. The summed E-state index contributed by atoms with van der Waals surface area (Å²) in [4.78, 5) is 24.8. The Balaban J connectivity index is 2.58. The summed E-state index contributed by atoms with van der Waals surface area (Å²) >= 11 is 0. The molecule has 6 heteroatoms. The number of likely N-dealkylation sites (N-methyl/N-ethyl adjacent to an activating group) is 1. The first-order chi connectivity index (χ1) is 9.43. The van der Waals surface area contributed by atoms with Gasteiger partial charge in [0.25, 0.3) is 5.56 Å². The Hall–Kier alpha value is -2.50. The van der Waals surface area contributed by atoms with Crippen LogP contribution in [0.2, 0.25) is 0 Å². The number of carboxylic acid groups (broad SMARTS) is 1. The van der Waals surface area contributed by atoms with Crippen LogP contribution in [-0.4, -0.2) is 34.0 Å². The highest BCUT2D eigenvalue weighted by Crippen LogP contribution is 2.16. The van der Waals surface area contributed by atoms with Crippen LogP contribution in [-0.2, 0) is 11.8 Å². The van der Waals surface area contributed by atoms with Crippen LogP contribution in [0, 0.1) is 6.92 Å². The number of hydrogen-bond donors (Lipinski definition) is 1. The summed E-state index contributed by atoms with van der Waals surface area (Å²) in [5.74, 6) is -0.971. The van der Waals surface area contributed by atoms with E-state index in [1.807, 2.05) is 30.3 Å². The zero-order chi connectivity index (χ0) is 14.9. The summed E-state index contributed by atoms with van der Waals surface area (Å²) in [5, 5.41) is 8.86. The van der Waals surface area contributed by atoms with Gasteiger partial charge in [-0.15, -0.1) is 0 Å². The Kier molecular flexibility index (Phi) is 3.65. The third kappa shape index (κ3) is 2.32. The predicted octanol–water partition coefficient (Wildman–Crippen LogP) is 1.01. The van der Waals surface area contributed by atoms with Gasteiger partial charge in [-0.2, -0.15) is 0 Å². The Bertz CT molecular complexity index is 686. The number of aliphatic carboxylic acids is 1. The Morgan fingerprint density at radius 2 is 1.90 bits per heavy atom. The van der Waals surface area contributed by atoms with Crippen molar-refractivity contribution in [3.05, 3.63) is 46.4 Å². The number of rotatable bonds is 4. The van der Waals surface area contributed by atoms with Crippen LogP contribution < -0.4 is 10.5 Å². The van der Waals surface area contributed by atoms with Crippen LogP contribution >= 0.6 is 0 Å². The summed E-state index contributed by atoms with van der Waals surface area (Å²) in [6.07, 6.45) is 0. The van der Waals surface area contributed by atoms with Gasteiger partial charge in [0.1, 0.15) is 12.2 Å². The van der Waals surface area contributed by atoms with E-state index < -0.39 is 5.97 Å². The molecule has 0 saturated carbocycles. The molecule has 0 aliphatic carbocycles. The topological polar surface area (TPSA) is 67.5 Å². The van der Waals surface area contributed by atoms with Gasteiger partial charge < -0.3 is 10.0 Å². The van der Waals surface area contributed by atoms with Crippen molar-refractivity contribution in [3.63, 3.8) is 0 Å². The predicted molar refractivity (Wildman–Crippen MR) is 76.7 cm³/mol. The second-order valence-electron chi connectivity index (χ2n) is 4.66. The third-order valence-electron chi connectivity index (χ3n) is 3.28. The van der Waals surface area contributed by atoms with Gasteiger partial charge >= 0.3 is 5.97 Å². The second-order valence-corrected chi connectivity index (χ2v) is 4.66. The van der Waals surface area contributed by atoms with E-state index in [0.717, 1.165) is 11.4 Å². The fraction of sp³-hybridized carbons (Fsp3) is 0.286. The van der Waals surface area contributed by atoms with Crippen molar-refractivity contribution in [1.29, 1.82) is 0 Å². The molecule has 0 radical (unpaired) electrons. The summed E-state index contributed by atoms with van der Waals surface area (Å²) < 4.78 is 3.26. The summed E-state index contributed by atoms with van der Waals surface area (Å²) in [6, 6.07) is 9.25. The number of aromatic nitrogens is 2. The molecule has 6 nitrogen and oxygen atoms in total. The van der Waals surface area contributed by atoms with E-state index in [-0.39, 0.29) is 12.1 Å². The molecule has 106 valence electrons. The standard InChI is InChI=1S/C14H17N3O3/c1-10-13(15(2)9-12(18)19)14(20)17(16(10)3)11-7-5-4-6-8-11/h4-8H,9H2,1-3H3,(H,18,19). The number of nitrogens with zero attached hydrogens (tertiary/aromatic N) is 3. The molecular formula is C14H17N3O3. The van der Waals surface area contributed by atoms with E-state index in [9.17, 15) is 9.59 Å². The minimum Gasteiger partial charge on any atom is -0.480 e. The fourth-order valence-electron chi connectivity index (χ4n) is 2.28. The molecule has 1 aromatic heterocycles. The maximum absolute atomic E-state index is 12.5. The lowest BCUT2D eigenvalue weighted by Gasteiger charge is -2.14. The molecule has 0 unspecified atom stereocenters. The highest BCUT2D eigenvalue weighted by atomic mass is 16.4. The van der Waals surface area contributed by atoms with Gasteiger partial charge in [-0.1, -0.05) is 18.2 Å². The van der Waals surface area contributed by atoms with E-state index in [2.05, 4.69) is 0 Å². The monoisotopic (exact) mass is 275 g/mol. The molecule has 0 spiro atoms. The van der Waals surface area contributed by atoms with Crippen LogP contribution in [0.1, 0.15) is 5.69 Å². The summed E-state index contributed by atoms with van der Waals surface area (Å²) in [5.41, 5.74) is 1.65. The van der Waals surface area contributed by atoms with Crippen molar-refractivity contribution < 1.29 is 9.90 Å². The molecule has 2 rings (SSSR count). The van der Waals surface area contributed by atoms with Gasteiger partial charge in [-0.25, -0.2) is 4.68 Å². The zero-order valence-corrected chi connectivity index (χ0v) is 11.7. The quantitative estimate of drug-likeness (QED) is 0.904. The SMILES string of the molecule is Cc1c(N(C)CC(=O)O)c(=O)n(-c2ccccc2)n1C. The zero-order valence-electron chi connectivity index (χ0n) is 11.7. The normalized spacial score (nSPS) is 10.6. The largest absolute Gasteiger partial charge is 0.480 e. The molecule has 0 aliphatic rings. The molecule has 0 atom stereocenters. The van der Waals surface area contributed by atoms with Crippen LogP contribution in [0.15, 0.2) is 35.1 Å². The Labute approximate surface area is 116 Å². The van der Waals surface area contributed by atoms with E-state index in [0.29, 0.717) is 5.69 Å². The summed E-state index contributed by atoms with van der Waals surface area (Å²) in [6.45, 7) is 1.59. The van der Waals surface area contributed by atoms with Gasteiger partial charge in [-0.3, -0.25) is 14.3 Å². The van der Waals surface area contributed by atoms with Crippen molar-refractivity contribution >= 4 is 11.7 Å².